The fourth-order valence-corrected chi connectivity index (χ4v) is 1.83. The summed E-state index contributed by atoms with van der Waals surface area (Å²) in [7, 11) is 1.56. The van der Waals surface area contributed by atoms with Crippen molar-refractivity contribution in [3.05, 3.63) is 5.82 Å². The van der Waals surface area contributed by atoms with E-state index in [-0.39, 0.29) is 0 Å². The molecule has 1 heterocycles. The van der Waals surface area contributed by atoms with Crippen LogP contribution in [0.25, 0.3) is 0 Å². The first kappa shape index (κ1) is 13.3. The zero-order valence-corrected chi connectivity index (χ0v) is 10.8. The number of hydrogen-bond acceptors (Lipinski definition) is 6. The van der Waals surface area contributed by atoms with Gasteiger partial charge in [0.05, 0.1) is 12.7 Å². The lowest BCUT2D eigenvalue weighted by Crippen LogP contribution is -2.24. The third-order valence-electron chi connectivity index (χ3n) is 1.91. The van der Waals surface area contributed by atoms with E-state index in [2.05, 4.69) is 28.5 Å². The van der Waals surface area contributed by atoms with E-state index in [4.69, 9.17) is 4.74 Å². The van der Waals surface area contributed by atoms with Crippen LogP contribution in [0.2, 0.25) is 0 Å². The minimum atomic E-state index is -0.512. The lowest BCUT2D eigenvalue weighted by Gasteiger charge is -2.08. The number of hydrogen-bond donors (Lipinski definition) is 2. The number of nitrogens with one attached hydrogen (secondary N) is 1. The second-order valence-electron chi connectivity index (χ2n) is 4.10. The van der Waals surface area contributed by atoms with Crippen molar-refractivity contribution >= 4 is 16.7 Å². The first-order valence-electron chi connectivity index (χ1n) is 5.35. The molecule has 0 aliphatic heterocycles. The molecular weight excluding hydrogens is 226 g/mol. The van der Waals surface area contributed by atoms with Crippen molar-refractivity contribution in [2.75, 3.05) is 25.6 Å². The molecule has 0 aromatic carbocycles. The minimum absolute atomic E-state index is 0.324. The topological polar surface area (TPSA) is 67.3 Å². The van der Waals surface area contributed by atoms with Gasteiger partial charge in [0.15, 0.2) is 0 Å². The fraction of sp³-hybridized carbons (Fsp3) is 0.800. The normalized spacial score (nSPS) is 13.1. The number of anilines is 1. The van der Waals surface area contributed by atoms with Gasteiger partial charge < -0.3 is 15.2 Å². The molecule has 0 radical (unpaired) electrons. The molecule has 16 heavy (non-hydrogen) atoms. The average Bonchev–Trinajstić information content (AvgIpc) is 2.62. The van der Waals surface area contributed by atoms with Gasteiger partial charge in [-0.3, -0.25) is 0 Å². The summed E-state index contributed by atoms with van der Waals surface area (Å²) < 4.78 is 9.06. The van der Waals surface area contributed by atoms with Crippen LogP contribution in [0.5, 0.6) is 0 Å². The highest BCUT2D eigenvalue weighted by Crippen LogP contribution is 2.13. The van der Waals surface area contributed by atoms with E-state index in [9.17, 15) is 5.11 Å². The molecule has 0 spiro atoms. The van der Waals surface area contributed by atoms with E-state index in [0.29, 0.717) is 19.1 Å². The Hall–Kier alpha value is -0.720. The van der Waals surface area contributed by atoms with Crippen molar-refractivity contribution < 1.29 is 9.84 Å². The van der Waals surface area contributed by atoms with Crippen LogP contribution in [0.15, 0.2) is 0 Å². The Morgan fingerprint density at radius 1 is 1.50 bits per heavy atom. The van der Waals surface area contributed by atoms with Gasteiger partial charge in [-0.05, 0) is 5.92 Å². The molecule has 0 unspecified atom stereocenters. The first-order valence-corrected chi connectivity index (χ1v) is 6.12. The fourth-order valence-electron chi connectivity index (χ4n) is 1.23. The number of aliphatic hydroxyl groups excluding tert-OH is 1. The van der Waals surface area contributed by atoms with Crippen molar-refractivity contribution in [3.63, 3.8) is 0 Å². The molecule has 0 bridgehead atoms. The zero-order valence-electron chi connectivity index (χ0n) is 9.93. The summed E-state index contributed by atoms with van der Waals surface area (Å²) in [6.07, 6.45) is 0.376. The predicted octanol–water partition coefficient (Wildman–Crippen LogP) is 1.16. The van der Waals surface area contributed by atoms with Crippen LogP contribution in [0.4, 0.5) is 5.13 Å². The Labute approximate surface area is 100 Å². The quantitative estimate of drug-likeness (QED) is 0.754. The molecule has 1 atom stereocenters. The third kappa shape index (κ3) is 4.87. The third-order valence-corrected chi connectivity index (χ3v) is 2.62. The maximum absolute atomic E-state index is 9.43. The molecule has 6 heteroatoms. The largest absolute Gasteiger partial charge is 0.389 e. The van der Waals surface area contributed by atoms with Crippen LogP contribution in [0.1, 0.15) is 19.7 Å². The first-order chi connectivity index (χ1) is 7.61. The van der Waals surface area contributed by atoms with Gasteiger partial charge in [-0.15, -0.1) is 0 Å². The van der Waals surface area contributed by atoms with Crippen LogP contribution < -0.4 is 5.32 Å². The van der Waals surface area contributed by atoms with Gasteiger partial charge in [0, 0.05) is 31.6 Å². The molecular formula is C10H19N3O2S. The maximum atomic E-state index is 9.43. The second kappa shape index (κ2) is 6.78. The van der Waals surface area contributed by atoms with Crippen molar-refractivity contribution in [2.45, 2.75) is 26.4 Å². The van der Waals surface area contributed by atoms with Gasteiger partial charge in [0.25, 0.3) is 0 Å². The number of ether oxygens (including phenoxy) is 1. The molecule has 1 aromatic heterocycles. The van der Waals surface area contributed by atoms with E-state index < -0.39 is 6.10 Å². The summed E-state index contributed by atoms with van der Waals surface area (Å²) in [6, 6.07) is 0. The van der Waals surface area contributed by atoms with E-state index in [1.54, 1.807) is 7.11 Å². The van der Waals surface area contributed by atoms with Crippen LogP contribution in [0.3, 0.4) is 0 Å². The van der Waals surface area contributed by atoms with E-state index >= 15 is 0 Å². The smallest absolute Gasteiger partial charge is 0.202 e. The molecule has 5 nitrogen and oxygen atoms in total. The summed E-state index contributed by atoms with van der Waals surface area (Å²) in [4.78, 5) is 4.33. The molecule has 0 amide bonds. The van der Waals surface area contributed by atoms with E-state index in [1.807, 2.05) is 0 Å². The summed E-state index contributed by atoms with van der Waals surface area (Å²) in [5, 5.41) is 13.2. The van der Waals surface area contributed by atoms with Crippen LogP contribution in [0, 0.1) is 5.92 Å². The van der Waals surface area contributed by atoms with E-state index in [0.717, 1.165) is 17.4 Å². The highest BCUT2D eigenvalue weighted by molar-refractivity contribution is 7.09. The predicted molar refractivity (Wildman–Crippen MR) is 64.8 cm³/mol. The van der Waals surface area contributed by atoms with Gasteiger partial charge in [-0.25, -0.2) is 4.98 Å². The van der Waals surface area contributed by atoms with Crippen LogP contribution in [-0.2, 0) is 11.2 Å². The lowest BCUT2D eigenvalue weighted by atomic mass is 10.1. The number of methoxy groups -OCH3 is 1. The standard InChI is InChI=1S/C10H19N3O2S/c1-7(2)4-9-12-10(16-13-9)11-5-8(14)6-15-3/h7-8,14H,4-6H2,1-3H3,(H,11,12,13)/t8-/m0/s1. The van der Waals surface area contributed by atoms with Gasteiger partial charge in [0.1, 0.15) is 5.82 Å². The molecule has 0 aliphatic rings. The van der Waals surface area contributed by atoms with Gasteiger partial charge in [-0.2, -0.15) is 4.37 Å². The summed E-state index contributed by atoms with van der Waals surface area (Å²) in [5.74, 6) is 1.42. The number of aromatic nitrogens is 2. The molecule has 1 rings (SSSR count). The highest BCUT2D eigenvalue weighted by Gasteiger charge is 2.08. The van der Waals surface area contributed by atoms with Gasteiger partial charge >= 0.3 is 0 Å². The summed E-state index contributed by atoms with van der Waals surface area (Å²) >= 11 is 1.33. The van der Waals surface area contributed by atoms with Crippen molar-refractivity contribution in [1.82, 2.24) is 9.36 Å². The Kier molecular flexibility index (Phi) is 5.65. The molecule has 0 fully saturated rings. The number of rotatable bonds is 7. The Morgan fingerprint density at radius 3 is 2.88 bits per heavy atom. The average molecular weight is 245 g/mol. The molecule has 0 aliphatic carbocycles. The maximum Gasteiger partial charge on any atom is 0.202 e. The van der Waals surface area contributed by atoms with E-state index in [1.165, 1.54) is 11.5 Å². The van der Waals surface area contributed by atoms with Gasteiger partial charge in [0.2, 0.25) is 5.13 Å². The Morgan fingerprint density at radius 2 is 2.25 bits per heavy atom. The SMILES string of the molecule is COC[C@@H](O)CNc1nc(CC(C)C)ns1. The van der Waals surface area contributed by atoms with Crippen molar-refractivity contribution in [1.29, 1.82) is 0 Å². The molecule has 2 N–H and O–H groups in total. The molecule has 0 saturated carbocycles. The van der Waals surface area contributed by atoms with Crippen molar-refractivity contribution in [3.8, 4) is 0 Å². The molecule has 92 valence electrons. The van der Waals surface area contributed by atoms with Crippen LogP contribution in [-0.4, -0.2) is 40.8 Å². The van der Waals surface area contributed by atoms with Gasteiger partial charge in [-0.1, -0.05) is 13.8 Å². The molecule has 1 aromatic rings. The monoisotopic (exact) mass is 245 g/mol. The summed E-state index contributed by atoms with van der Waals surface area (Å²) in [5.41, 5.74) is 0. The summed E-state index contributed by atoms with van der Waals surface area (Å²) in [6.45, 7) is 5.03. The Balaban J connectivity index is 2.34. The number of nitrogens with zero attached hydrogens (tertiary/aromatic N) is 2. The molecule has 0 saturated heterocycles. The lowest BCUT2D eigenvalue weighted by molar-refractivity contribution is 0.0727. The van der Waals surface area contributed by atoms with Crippen LogP contribution >= 0.6 is 11.5 Å². The van der Waals surface area contributed by atoms with Crippen molar-refractivity contribution in [2.24, 2.45) is 5.92 Å². The second-order valence-corrected chi connectivity index (χ2v) is 4.86. The zero-order chi connectivity index (χ0) is 12.0. The Bertz CT molecular complexity index is 304. The number of aliphatic hydroxyl groups is 1. The highest BCUT2D eigenvalue weighted by atomic mass is 32.1. The minimum Gasteiger partial charge on any atom is -0.389 e.